The zero-order chi connectivity index (χ0) is 19.1. The molecule has 142 valence electrons. The molecule has 1 aromatic carbocycles. The fourth-order valence-electron chi connectivity index (χ4n) is 3.97. The summed E-state index contributed by atoms with van der Waals surface area (Å²) < 4.78 is 0. The van der Waals surface area contributed by atoms with E-state index in [0.717, 1.165) is 51.4 Å². The smallest absolute Gasteiger partial charge is 0.169 e. The van der Waals surface area contributed by atoms with Gasteiger partial charge in [0, 0.05) is 38.8 Å². The van der Waals surface area contributed by atoms with Gasteiger partial charge in [-0.25, -0.2) is 0 Å². The van der Waals surface area contributed by atoms with E-state index >= 15 is 0 Å². The first-order valence-electron chi connectivity index (χ1n) is 10.0. The number of nitrogens with zero attached hydrogens (tertiary/aromatic N) is 4. The van der Waals surface area contributed by atoms with Crippen LogP contribution in [0.15, 0.2) is 35.7 Å². The van der Waals surface area contributed by atoms with Gasteiger partial charge in [-0.1, -0.05) is 49.1 Å². The second-order valence-electron chi connectivity index (χ2n) is 7.68. The predicted molar refractivity (Wildman–Crippen MR) is 106 cm³/mol. The van der Waals surface area contributed by atoms with Crippen molar-refractivity contribution in [2.75, 3.05) is 26.2 Å². The van der Waals surface area contributed by atoms with Gasteiger partial charge in [0.05, 0.1) is 0 Å². The molecule has 0 bridgehead atoms. The summed E-state index contributed by atoms with van der Waals surface area (Å²) in [5, 5.41) is 22.4. The molecule has 0 spiro atoms. The van der Waals surface area contributed by atoms with Crippen molar-refractivity contribution in [1.29, 1.82) is 10.5 Å². The van der Waals surface area contributed by atoms with Crippen LogP contribution in [-0.2, 0) is 6.54 Å². The van der Waals surface area contributed by atoms with Gasteiger partial charge in [0.25, 0.3) is 0 Å². The maximum Gasteiger partial charge on any atom is 0.169 e. The molecule has 0 amide bonds. The number of benzene rings is 1. The maximum absolute atomic E-state index is 9.42. The minimum atomic E-state index is 0.215. The maximum atomic E-state index is 9.42. The van der Waals surface area contributed by atoms with E-state index < -0.39 is 0 Å². The molecule has 1 saturated heterocycles. The van der Waals surface area contributed by atoms with Crippen LogP contribution in [0.5, 0.6) is 0 Å². The first kappa shape index (κ1) is 19.3. The minimum absolute atomic E-state index is 0.215. The fourth-order valence-corrected chi connectivity index (χ4v) is 3.97. The summed E-state index contributed by atoms with van der Waals surface area (Å²) in [5.74, 6) is 0.752. The highest BCUT2D eigenvalue weighted by Crippen LogP contribution is 2.21. The second kappa shape index (κ2) is 9.44. The van der Waals surface area contributed by atoms with Crippen LogP contribution in [0.25, 0.3) is 0 Å². The van der Waals surface area contributed by atoms with E-state index in [9.17, 15) is 10.5 Å². The third kappa shape index (κ3) is 5.25. The molecule has 27 heavy (non-hydrogen) atoms. The highest BCUT2D eigenvalue weighted by atomic mass is 15.3. The van der Waals surface area contributed by atoms with Gasteiger partial charge in [0.1, 0.15) is 18.0 Å². The highest BCUT2D eigenvalue weighted by Gasteiger charge is 2.24. The lowest BCUT2D eigenvalue weighted by atomic mass is 9.95. The minimum Gasteiger partial charge on any atom is -0.367 e. The van der Waals surface area contributed by atoms with Crippen molar-refractivity contribution in [1.82, 2.24) is 15.1 Å². The number of aryl methyl sites for hydroxylation is 1. The predicted octanol–water partition coefficient (Wildman–Crippen LogP) is 3.29. The summed E-state index contributed by atoms with van der Waals surface area (Å²) >= 11 is 0. The fraction of sp³-hybridized carbons (Fsp3) is 0.545. The molecule has 1 saturated carbocycles. The van der Waals surface area contributed by atoms with Gasteiger partial charge < -0.3 is 10.2 Å². The number of allylic oxidation sites excluding steroid dienone is 1. The number of nitrogens with one attached hydrogen (secondary N) is 1. The molecule has 0 aromatic heterocycles. The average molecular weight is 364 g/mol. The molecule has 1 heterocycles. The number of rotatable bonds is 5. The molecule has 2 fully saturated rings. The third-order valence-electron chi connectivity index (χ3n) is 5.62. The Balaban J connectivity index is 1.62. The van der Waals surface area contributed by atoms with Crippen molar-refractivity contribution in [3.8, 4) is 12.1 Å². The Morgan fingerprint density at radius 1 is 1.00 bits per heavy atom. The van der Waals surface area contributed by atoms with Crippen molar-refractivity contribution in [3.05, 3.63) is 46.8 Å². The molecule has 5 heteroatoms. The number of hydrogen-bond donors (Lipinski definition) is 1. The van der Waals surface area contributed by atoms with Crippen LogP contribution in [0.4, 0.5) is 0 Å². The molecular formula is C22H29N5. The van der Waals surface area contributed by atoms with Crippen LogP contribution >= 0.6 is 0 Å². The van der Waals surface area contributed by atoms with Crippen molar-refractivity contribution in [2.24, 2.45) is 0 Å². The quantitative estimate of drug-likeness (QED) is 0.813. The summed E-state index contributed by atoms with van der Waals surface area (Å²) in [4.78, 5) is 4.64. The number of nitriles is 2. The van der Waals surface area contributed by atoms with Gasteiger partial charge in [-0.15, -0.1) is 0 Å². The molecular weight excluding hydrogens is 334 g/mol. The molecule has 3 rings (SSSR count). The zero-order valence-corrected chi connectivity index (χ0v) is 16.2. The SMILES string of the molecule is Cc1ccc(CN2CCN(C(NC3CCCCC3)=C(C#N)C#N)CC2)cc1. The van der Waals surface area contributed by atoms with E-state index in [-0.39, 0.29) is 5.57 Å². The van der Waals surface area contributed by atoms with Gasteiger partial charge in [-0.2, -0.15) is 10.5 Å². The van der Waals surface area contributed by atoms with Crippen molar-refractivity contribution in [3.63, 3.8) is 0 Å². The van der Waals surface area contributed by atoms with E-state index in [1.807, 2.05) is 0 Å². The third-order valence-corrected chi connectivity index (χ3v) is 5.62. The van der Waals surface area contributed by atoms with Gasteiger partial charge in [-0.3, -0.25) is 4.90 Å². The lowest BCUT2D eigenvalue weighted by Gasteiger charge is -2.39. The van der Waals surface area contributed by atoms with Gasteiger partial charge >= 0.3 is 0 Å². The highest BCUT2D eigenvalue weighted by molar-refractivity contribution is 5.39. The second-order valence-corrected chi connectivity index (χ2v) is 7.68. The van der Waals surface area contributed by atoms with E-state index in [0.29, 0.717) is 6.04 Å². The summed E-state index contributed by atoms with van der Waals surface area (Å²) in [7, 11) is 0. The molecule has 5 nitrogen and oxygen atoms in total. The van der Waals surface area contributed by atoms with Gasteiger partial charge in [0.15, 0.2) is 5.57 Å². The summed E-state index contributed by atoms with van der Waals surface area (Å²) in [6, 6.07) is 13.3. The van der Waals surface area contributed by atoms with Crippen LogP contribution in [0, 0.1) is 29.6 Å². The van der Waals surface area contributed by atoms with Crippen LogP contribution in [0.1, 0.15) is 43.2 Å². The molecule has 0 radical (unpaired) electrons. The molecule has 1 aliphatic heterocycles. The lowest BCUT2D eigenvalue weighted by Crippen LogP contribution is -2.49. The van der Waals surface area contributed by atoms with Crippen LogP contribution in [0.2, 0.25) is 0 Å². The topological polar surface area (TPSA) is 66.1 Å². The average Bonchev–Trinajstić information content (AvgIpc) is 2.71. The van der Waals surface area contributed by atoms with Crippen molar-refractivity contribution >= 4 is 0 Å². The Labute approximate surface area is 162 Å². The molecule has 2 aliphatic rings. The van der Waals surface area contributed by atoms with Crippen molar-refractivity contribution < 1.29 is 0 Å². The van der Waals surface area contributed by atoms with Crippen LogP contribution < -0.4 is 5.32 Å². The molecule has 1 aliphatic carbocycles. The Hall–Kier alpha value is -2.50. The molecule has 0 unspecified atom stereocenters. The first-order valence-corrected chi connectivity index (χ1v) is 10.0. The Bertz CT molecular complexity index is 707. The largest absolute Gasteiger partial charge is 0.367 e. The lowest BCUT2D eigenvalue weighted by molar-refractivity contribution is 0.142. The van der Waals surface area contributed by atoms with Crippen LogP contribution in [0.3, 0.4) is 0 Å². The zero-order valence-electron chi connectivity index (χ0n) is 16.2. The van der Waals surface area contributed by atoms with E-state index in [4.69, 9.17) is 0 Å². The van der Waals surface area contributed by atoms with Crippen LogP contribution in [-0.4, -0.2) is 42.0 Å². The van der Waals surface area contributed by atoms with Gasteiger partial charge in [-0.05, 0) is 25.3 Å². The van der Waals surface area contributed by atoms with Crippen molar-refractivity contribution in [2.45, 2.75) is 51.6 Å². The summed E-state index contributed by atoms with van der Waals surface area (Å²) in [5.41, 5.74) is 2.83. The normalized spacial score (nSPS) is 18.4. The Morgan fingerprint density at radius 3 is 2.22 bits per heavy atom. The van der Waals surface area contributed by atoms with E-state index in [2.05, 4.69) is 58.4 Å². The number of piperazine rings is 1. The molecule has 1 N–H and O–H groups in total. The number of hydrogen-bond acceptors (Lipinski definition) is 5. The Morgan fingerprint density at radius 2 is 1.63 bits per heavy atom. The van der Waals surface area contributed by atoms with Gasteiger partial charge in [0.2, 0.25) is 0 Å². The standard InChI is InChI=1S/C22H29N5/c1-18-7-9-19(10-8-18)17-26-11-13-27(14-12-26)22(20(15-23)16-24)25-21-5-3-2-4-6-21/h7-10,21,25H,2-6,11-14,17H2,1H3. The first-order chi connectivity index (χ1) is 13.2. The van der Waals surface area contributed by atoms with E-state index in [1.165, 1.54) is 30.4 Å². The summed E-state index contributed by atoms with van der Waals surface area (Å²) in [6.45, 7) is 6.62. The Kier molecular flexibility index (Phi) is 6.74. The summed E-state index contributed by atoms with van der Waals surface area (Å²) in [6.07, 6.45) is 5.99. The molecule has 0 atom stereocenters. The molecule has 1 aromatic rings. The monoisotopic (exact) mass is 363 g/mol. The van der Waals surface area contributed by atoms with E-state index in [1.54, 1.807) is 0 Å².